The third-order valence-electron chi connectivity index (χ3n) is 4.38. The van der Waals surface area contributed by atoms with Crippen molar-refractivity contribution in [2.24, 2.45) is 11.8 Å². The molecule has 0 saturated heterocycles. The zero-order valence-electron chi connectivity index (χ0n) is 16.7. The molecule has 1 aromatic carbocycles. The summed E-state index contributed by atoms with van der Waals surface area (Å²) in [5.41, 5.74) is -0.0490. The van der Waals surface area contributed by atoms with Crippen LogP contribution in [0.5, 0.6) is 5.75 Å². The largest absolute Gasteiger partial charge is 0.494 e. The smallest absolute Gasteiger partial charge is 0.273 e. The molecule has 0 heterocycles. The standard InChI is InChI=1S/C21H33F2NO2/c1-6-7-13-26-19-10-8-9-18(15-19)21(22,23)12-11-17(14-16(2)3)20(25)24(4)5/h8-10,15-17H,6-7,11-14H2,1-5H3. The third-order valence-corrected chi connectivity index (χ3v) is 4.38. The molecule has 0 N–H and O–H groups in total. The fraction of sp³-hybridized carbons (Fsp3) is 0.667. The molecule has 5 heteroatoms. The van der Waals surface area contributed by atoms with Crippen molar-refractivity contribution >= 4 is 5.91 Å². The molecule has 0 bridgehead atoms. The summed E-state index contributed by atoms with van der Waals surface area (Å²) in [4.78, 5) is 13.8. The first-order chi connectivity index (χ1) is 12.2. The Kier molecular flexibility index (Phi) is 9.03. The lowest BCUT2D eigenvalue weighted by molar-refractivity contribution is -0.134. The van der Waals surface area contributed by atoms with Crippen LogP contribution < -0.4 is 4.74 Å². The van der Waals surface area contributed by atoms with E-state index in [1.807, 2.05) is 13.8 Å². The van der Waals surface area contributed by atoms with E-state index in [1.54, 1.807) is 26.2 Å². The molecular formula is C21H33F2NO2. The Bertz CT molecular complexity index is 559. The zero-order chi connectivity index (χ0) is 19.7. The number of hydrogen-bond donors (Lipinski definition) is 0. The Hall–Kier alpha value is -1.65. The Balaban J connectivity index is 2.79. The van der Waals surface area contributed by atoms with Crippen LogP contribution in [0.3, 0.4) is 0 Å². The first-order valence-corrected chi connectivity index (χ1v) is 9.49. The van der Waals surface area contributed by atoms with Crippen LogP contribution in [0, 0.1) is 11.8 Å². The van der Waals surface area contributed by atoms with Crippen molar-refractivity contribution in [3.05, 3.63) is 29.8 Å². The molecule has 0 radical (unpaired) electrons. The molecule has 0 fully saturated rings. The number of unbranched alkanes of at least 4 members (excludes halogenated alkanes) is 1. The second kappa shape index (κ2) is 10.5. The SMILES string of the molecule is CCCCOc1cccc(C(F)(F)CCC(CC(C)C)C(=O)N(C)C)c1. The summed E-state index contributed by atoms with van der Waals surface area (Å²) in [6, 6.07) is 6.15. The van der Waals surface area contributed by atoms with Crippen molar-refractivity contribution in [1.29, 1.82) is 0 Å². The van der Waals surface area contributed by atoms with Crippen LogP contribution in [-0.2, 0) is 10.7 Å². The second-order valence-electron chi connectivity index (χ2n) is 7.53. The predicted octanol–water partition coefficient (Wildman–Crippen LogP) is 5.49. The van der Waals surface area contributed by atoms with Crippen molar-refractivity contribution in [2.75, 3.05) is 20.7 Å². The summed E-state index contributed by atoms with van der Waals surface area (Å²) in [6.45, 7) is 6.59. The van der Waals surface area contributed by atoms with E-state index < -0.39 is 5.92 Å². The van der Waals surface area contributed by atoms with Crippen LogP contribution >= 0.6 is 0 Å². The lowest BCUT2D eigenvalue weighted by Crippen LogP contribution is -2.31. The van der Waals surface area contributed by atoms with Gasteiger partial charge in [0.05, 0.1) is 6.61 Å². The van der Waals surface area contributed by atoms with Gasteiger partial charge in [-0.25, -0.2) is 8.78 Å². The highest BCUT2D eigenvalue weighted by Gasteiger charge is 2.34. The summed E-state index contributed by atoms with van der Waals surface area (Å²) in [5, 5.41) is 0. The first kappa shape index (κ1) is 22.4. The predicted molar refractivity (Wildman–Crippen MR) is 102 cm³/mol. The van der Waals surface area contributed by atoms with E-state index >= 15 is 0 Å². The molecule has 0 aliphatic rings. The van der Waals surface area contributed by atoms with Crippen molar-refractivity contribution in [3.63, 3.8) is 0 Å². The molecule has 0 aromatic heterocycles. The maximum Gasteiger partial charge on any atom is 0.273 e. The van der Waals surface area contributed by atoms with E-state index in [2.05, 4.69) is 6.92 Å². The van der Waals surface area contributed by atoms with E-state index in [0.717, 1.165) is 12.8 Å². The van der Waals surface area contributed by atoms with E-state index in [9.17, 15) is 13.6 Å². The van der Waals surface area contributed by atoms with E-state index in [4.69, 9.17) is 4.74 Å². The molecule has 0 spiro atoms. The van der Waals surface area contributed by atoms with E-state index in [-0.39, 0.29) is 36.1 Å². The number of halogens is 2. The first-order valence-electron chi connectivity index (χ1n) is 9.49. The van der Waals surface area contributed by atoms with Gasteiger partial charge in [0.2, 0.25) is 5.91 Å². The molecular weight excluding hydrogens is 336 g/mol. The second-order valence-corrected chi connectivity index (χ2v) is 7.53. The van der Waals surface area contributed by atoms with E-state index in [0.29, 0.717) is 18.8 Å². The van der Waals surface area contributed by atoms with Gasteiger partial charge in [0, 0.05) is 32.0 Å². The van der Waals surface area contributed by atoms with Crippen molar-refractivity contribution in [3.8, 4) is 5.75 Å². The number of carbonyl (C=O) groups is 1. The number of carbonyl (C=O) groups excluding carboxylic acids is 1. The molecule has 0 aliphatic carbocycles. The van der Waals surface area contributed by atoms with Crippen LogP contribution in [0.1, 0.15) is 58.4 Å². The molecule has 1 atom stereocenters. The van der Waals surface area contributed by atoms with Gasteiger partial charge in [-0.05, 0) is 37.3 Å². The topological polar surface area (TPSA) is 29.5 Å². The summed E-state index contributed by atoms with van der Waals surface area (Å²) in [5.74, 6) is -2.68. The highest BCUT2D eigenvalue weighted by atomic mass is 19.3. The maximum atomic E-state index is 14.7. The number of amides is 1. The van der Waals surface area contributed by atoms with Gasteiger partial charge in [-0.3, -0.25) is 4.79 Å². The number of alkyl halides is 2. The van der Waals surface area contributed by atoms with Crippen LogP contribution in [0.15, 0.2) is 24.3 Å². The van der Waals surface area contributed by atoms with Crippen LogP contribution in [0.4, 0.5) is 8.78 Å². The summed E-state index contributed by atoms with van der Waals surface area (Å²) >= 11 is 0. The monoisotopic (exact) mass is 369 g/mol. The fourth-order valence-electron chi connectivity index (χ4n) is 2.92. The summed E-state index contributed by atoms with van der Waals surface area (Å²) in [7, 11) is 3.34. The number of hydrogen-bond acceptors (Lipinski definition) is 2. The van der Waals surface area contributed by atoms with Crippen molar-refractivity contribution < 1.29 is 18.3 Å². The van der Waals surface area contributed by atoms with Gasteiger partial charge in [0.1, 0.15) is 5.75 Å². The summed E-state index contributed by atoms with van der Waals surface area (Å²) in [6.07, 6.45) is 2.33. The van der Waals surface area contributed by atoms with Gasteiger partial charge < -0.3 is 9.64 Å². The molecule has 1 amide bonds. The van der Waals surface area contributed by atoms with Gasteiger partial charge >= 0.3 is 0 Å². The van der Waals surface area contributed by atoms with Gasteiger partial charge in [-0.1, -0.05) is 39.3 Å². The Morgan fingerprint density at radius 3 is 2.54 bits per heavy atom. The average Bonchev–Trinajstić information content (AvgIpc) is 2.58. The molecule has 1 rings (SSSR count). The molecule has 1 unspecified atom stereocenters. The van der Waals surface area contributed by atoms with Crippen molar-refractivity contribution in [2.45, 2.75) is 58.8 Å². The minimum absolute atomic E-state index is 0.0490. The third kappa shape index (κ3) is 7.30. The number of ether oxygens (including phenoxy) is 1. The Morgan fingerprint density at radius 1 is 1.27 bits per heavy atom. The van der Waals surface area contributed by atoms with Gasteiger partial charge in [0.15, 0.2) is 0 Å². The highest BCUT2D eigenvalue weighted by molar-refractivity contribution is 5.78. The minimum atomic E-state index is -2.98. The number of nitrogens with zero attached hydrogens (tertiary/aromatic N) is 1. The van der Waals surface area contributed by atoms with Gasteiger partial charge in [-0.2, -0.15) is 0 Å². The lowest BCUT2D eigenvalue weighted by Gasteiger charge is -2.24. The average molecular weight is 369 g/mol. The van der Waals surface area contributed by atoms with Gasteiger partial charge in [0.25, 0.3) is 5.92 Å². The Labute approximate surface area is 156 Å². The molecule has 3 nitrogen and oxygen atoms in total. The highest BCUT2D eigenvalue weighted by Crippen LogP contribution is 2.36. The van der Waals surface area contributed by atoms with Gasteiger partial charge in [-0.15, -0.1) is 0 Å². The van der Waals surface area contributed by atoms with Crippen molar-refractivity contribution in [1.82, 2.24) is 4.90 Å². The lowest BCUT2D eigenvalue weighted by atomic mass is 9.89. The molecule has 148 valence electrons. The minimum Gasteiger partial charge on any atom is -0.494 e. The summed E-state index contributed by atoms with van der Waals surface area (Å²) < 4.78 is 34.9. The quantitative estimate of drug-likeness (QED) is 0.483. The zero-order valence-corrected chi connectivity index (χ0v) is 16.7. The number of benzene rings is 1. The van der Waals surface area contributed by atoms with Crippen LogP contribution in [0.2, 0.25) is 0 Å². The molecule has 26 heavy (non-hydrogen) atoms. The molecule has 0 saturated carbocycles. The maximum absolute atomic E-state index is 14.7. The normalized spacial score (nSPS) is 12.9. The fourth-order valence-corrected chi connectivity index (χ4v) is 2.92. The molecule has 0 aliphatic heterocycles. The Morgan fingerprint density at radius 2 is 1.96 bits per heavy atom. The van der Waals surface area contributed by atoms with E-state index in [1.165, 1.54) is 17.0 Å². The number of rotatable bonds is 11. The van der Waals surface area contributed by atoms with Crippen LogP contribution in [-0.4, -0.2) is 31.5 Å². The van der Waals surface area contributed by atoms with Crippen LogP contribution in [0.25, 0.3) is 0 Å². The molecule has 1 aromatic rings.